The second kappa shape index (κ2) is 7.82. The number of hydrogen-bond donors (Lipinski definition) is 2. The summed E-state index contributed by atoms with van der Waals surface area (Å²) in [5.74, 6) is 2.24. The van der Waals surface area contributed by atoms with Gasteiger partial charge in [-0.05, 0) is 54.6 Å². The third-order valence-electron chi connectivity index (χ3n) is 5.70. The first-order valence-electron chi connectivity index (χ1n) is 9.93. The third kappa shape index (κ3) is 3.90. The highest BCUT2D eigenvalue weighted by Gasteiger charge is 2.27. The predicted molar refractivity (Wildman–Crippen MR) is 111 cm³/mol. The fourth-order valence-corrected chi connectivity index (χ4v) is 4.52. The Kier molecular flexibility index (Phi) is 5.03. The molecule has 1 aromatic heterocycles. The number of rotatable bonds is 5. The van der Waals surface area contributed by atoms with Gasteiger partial charge in [-0.15, -0.1) is 0 Å². The first-order chi connectivity index (χ1) is 14.2. The van der Waals surface area contributed by atoms with E-state index in [0.717, 1.165) is 43.3 Å². The zero-order chi connectivity index (χ0) is 19.8. The van der Waals surface area contributed by atoms with Gasteiger partial charge in [-0.1, -0.05) is 23.7 Å². The van der Waals surface area contributed by atoms with Crippen molar-refractivity contribution < 1.29 is 14.3 Å². The molecule has 0 bridgehead atoms. The molecule has 1 aromatic carbocycles. The molecular weight excluding hydrogens is 392 g/mol. The van der Waals surface area contributed by atoms with Gasteiger partial charge in [0.05, 0.1) is 6.10 Å². The van der Waals surface area contributed by atoms with Gasteiger partial charge in [-0.25, -0.2) is 4.98 Å². The molecule has 2 unspecified atom stereocenters. The van der Waals surface area contributed by atoms with Crippen LogP contribution >= 0.6 is 11.6 Å². The van der Waals surface area contributed by atoms with Gasteiger partial charge in [-0.2, -0.15) is 0 Å². The van der Waals surface area contributed by atoms with E-state index < -0.39 is 0 Å². The average Bonchev–Trinajstić information content (AvgIpc) is 3.35. The summed E-state index contributed by atoms with van der Waals surface area (Å²) in [6, 6.07) is 9.92. The maximum atomic E-state index is 11.5. The van der Waals surface area contributed by atoms with Gasteiger partial charge in [0, 0.05) is 18.1 Å². The largest absolute Gasteiger partial charge is 0.480 e. The zero-order valence-corrected chi connectivity index (χ0v) is 16.7. The number of ether oxygens (including phenoxy) is 2. The highest BCUT2D eigenvalue weighted by molar-refractivity contribution is 6.31. The van der Waals surface area contributed by atoms with Crippen LogP contribution in [0.1, 0.15) is 11.1 Å². The molecule has 0 radical (unpaired) electrons. The van der Waals surface area contributed by atoms with Gasteiger partial charge in [-0.3, -0.25) is 4.79 Å². The maximum absolute atomic E-state index is 11.5. The second-order valence-corrected chi connectivity index (χ2v) is 8.21. The van der Waals surface area contributed by atoms with Crippen LogP contribution < -0.4 is 20.3 Å². The van der Waals surface area contributed by atoms with Crippen molar-refractivity contribution in [3.8, 4) is 5.75 Å². The van der Waals surface area contributed by atoms with Crippen molar-refractivity contribution in [1.29, 1.82) is 0 Å². The number of nitrogens with one attached hydrogen (secondary N) is 2. The molecule has 7 nitrogen and oxygen atoms in total. The molecule has 2 atom stereocenters. The smallest absolute Gasteiger partial charge is 0.263 e. The number of benzene rings is 1. The molecule has 3 aliphatic rings. The Morgan fingerprint density at radius 2 is 2.17 bits per heavy atom. The number of halogens is 1. The zero-order valence-electron chi connectivity index (χ0n) is 16.0. The number of carbonyl (C=O) groups is 1. The van der Waals surface area contributed by atoms with Crippen LogP contribution in [0.4, 0.5) is 11.6 Å². The summed E-state index contributed by atoms with van der Waals surface area (Å²) in [6.45, 7) is 3.02. The Bertz CT molecular complexity index is 938. The van der Waals surface area contributed by atoms with E-state index >= 15 is 0 Å². The number of amides is 1. The van der Waals surface area contributed by atoms with Gasteiger partial charge in [0.2, 0.25) is 0 Å². The lowest BCUT2D eigenvalue weighted by atomic mass is 10.1. The summed E-state index contributed by atoms with van der Waals surface area (Å²) in [4.78, 5) is 18.1. The minimum absolute atomic E-state index is 0.0346. The number of hydrogen-bond acceptors (Lipinski definition) is 6. The first-order valence-corrected chi connectivity index (χ1v) is 10.3. The summed E-state index contributed by atoms with van der Waals surface area (Å²) in [5.41, 5.74) is 2.68. The van der Waals surface area contributed by atoms with E-state index in [2.05, 4.69) is 26.6 Å². The molecule has 2 aliphatic heterocycles. The number of fused-ring (bicyclic) bond motifs is 2. The molecule has 2 aromatic rings. The Morgan fingerprint density at radius 3 is 3.07 bits per heavy atom. The molecule has 29 heavy (non-hydrogen) atoms. The third-order valence-corrected chi connectivity index (χ3v) is 6.05. The van der Waals surface area contributed by atoms with Gasteiger partial charge in [0.15, 0.2) is 18.2 Å². The average molecular weight is 415 g/mol. The minimum atomic E-state index is -0.183. The van der Waals surface area contributed by atoms with Crippen molar-refractivity contribution in [2.24, 2.45) is 5.92 Å². The molecular formula is C21H23ClN4O3. The van der Waals surface area contributed by atoms with Crippen LogP contribution in [-0.2, 0) is 22.4 Å². The van der Waals surface area contributed by atoms with Crippen LogP contribution in [0.25, 0.3) is 0 Å². The quantitative estimate of drug-likeness (QED) is 0.781. The molecule has 1 amide bonds. The van der Waals surface area contributed by atoms with E-state index in [1.165, 1.54) is 11.1 Å². The van der Waals surface area contributed by atoms with E-state index in [-0.39, 0.29) is 18.6 Å². The van der Waals surface area contributed by atoms with Crippen LogP contribution in [0.2, 0.25) is 5.02 Å². The lowest BCUT2D eigenvalue weighted by Gasteiger charge is -2.20. The fraction of sp³-hybridized carbons (Fsp3) is 0.429. The lowest BCUT2D eigenvalue weighted by Crippen LogP contribution is -2.34. The standard InChI is InChI=1S/C21H23ClN4O3/c22-17-3-1-2-14-6-13(7-16(14)17)8-23-9-15-10-26(12-29-15)19-5-4-18-21(24-19)25-20(27)11-28-18/h1-5,13,15,23H,6-12H2,(H,24,25,27). The first kappa shape index (κ1) is 18.7. The summed E-state index contributed by atoms with van der Waals surface area (Å²) in [6.07, 6.45) is 2.21. The molecule has 1 fully saturated rings. The molecule has 2 N–H and O–H groups in total. The molecule has 3 heterocycles. The van der Waals surface area contributed by atoms with Crippen LogP contribution in [-0.4, -0.2) is 50.0 Å². The monoisotopic (exact) mass is 414 g/mol. The van der Waals surface area contributed by atoms with Gasteiger partial charge >= 0.3 is 0 Å². The van der Waals surface area contributed by atoms with Crippen molar-refractivity contribution in [2.75, 3.05) is 43.2 Å². The van der Waals surface area contributed by atoms with Gasteiger partial charge < -0.3 is 25.0 Å². The Labute approximate surface area is 174 Å². The van der Waals surface area contributed by atoms with E-state index in [1.54, 1.807) is 0 Å². The molecule has 5 rings (SSSR count). The molecule has 0 saturated carbocycles. The van der Waals surface area contributed by atoms with Crippen molar-refractivity contribution in [1.82, 2.24) is 10.3 Å². The van der Waals surface area contributed by atoms with Crippen molar-refractivity contribution >= 4 is 29.1 Å². The van der Waals surface area contributed by atoms with E-state index in [9.17, 15) is 4.79 Å². The Morgan fingerprint density at radius 1 is 1.24 bits per heavy atom. The summed E-state index contributed by atoms with van der Waals surface area (Å²) < 4.78 is 11.3. The Balaban J connectivity index is 1.11. The molecule has 8 heteroatoms. The number of nitrogens with zero attached hydrogens (tertiary/aromatic N) is 2. The van der Waals surface area contributed by atoms with Crippen molar-refractivity contribution in [2.45, 2.75) is 18.9 Å². The van der Waals surface area contributed by atoms with Crippen molar-refractivity contribution in [3.05, 3.63) is 46.5 Å². The number of pyridine rings is 1. The SMILES string of the molecule is O=C1COc2ccc(N3COC(CNCC4Cc5cccc(Cl)c5C4)C3)nc2N1. The number of anilines is 2. The van der Waals surface area contributed by atoms with Crippen LogP contribution in [0.3, 0.4) is 0 Å². The lowest BCUT2D eigenvalue weighted by molar-refractivity contribution is -0.118. The van der Waals surface area contributed by atoms with Gasteiger partial charge in [0.25, 0.3) is 5.91 Å². The molecule has 1 saturated heterocycles. The Hall–Kier alpha value is -2.35. The van der Waals surface area contributed by atoms with Gasteiger partial charge in [0.1, 0.15) is 12.5 Å². The van der Waals surface area contributed by atoms with Crippen LogP contribution in [0.15, 0.2) is 30.3 Å². The minimum Gasteiger partial charge on any atom is -0.480 e. The summed E-state index contributed by atoms with van der Waals surface area (Å²) in [7, 11) is 0. The highest BCUT2D eigenvalue weighted by Crippen LogP contribution is 2.32. The molecule has 1 aliphatic carbocycles. The molecule has 152 valence electrons. The van der Waals surface area contributed by atoms with Crippen molar-refractivity contribution in [3.63, 3.8) is 0 Å². The number of aromatic nitrogens is 1. The van der Waals surface area contributed by atoms with Crippen LogP contribution in [0, 0.1) is 5.92 Å². The van der Waals surface area contributed by atoms with Crippen LogP contribution in [0.5, 0.6) is 5.75 Å². The normalized spacial score (nSPS) is 22.8. The molecule has 0 spiro atoms. The van der Waals surface area contributed by atoms with E-state index in [0.29, 0.717) is 24.2 Å². The number of carbonyl (C=O) groups excluding carboxylic acids is 1. The summed E-state index contributed by atoms with van der Waals surface area (Å²) >= 11 is 6.32. The topological polar surface area (TPSA) is 75.7 Å². The maximum Gasteiger partial charge on any atom is 0.263 e. The van der Waals surface area contributed by atoms with E-state index in [1.807, 2.05) is 24.3 Å². The highest BCUT2D eigenvalue weighted by atomic mass is 35.5. The van der Waals surface area contributed by atoms with E-state index in [4.69, 9.17) is 21.1 Å². The fourth-order valence-electron chi connectivity index (χ4n) is 4.25. The predicted octanol–water partition coefficient (Wildman–Crippen LogP) is 2.23. The summed E-state index contributed by atoms with van der Waals surface area (Å²) in [5, 5.41) is 7.19. The second-order valence-electron chi connectivity index (χ2n) is 7.80.